The van der Waals surface area contributed by atoms with E-state index in [-0.39, 0.29) is 31.1 Å². The Hall–Kier alpha value is -4.03. The second-order valence-electron chi connectivity index (χ2n) is 10.5. The molecule has 3 atom stereocenters. The van der Waals surface area contributed by atoms with E-state index in [1.54, 1.807) is 6.92 Å². The van der Waals surface area contributed by atoms with E-state index in [0.29, 0.717) is 6.54 Å². The molecule has 41 heavy (non-hydrogen) atoms. The number of hydrogen-bond donors (Lipinski definition) is 0. The SMILES string of the molecule is CC(Cl)OC(=O)N([C@H]1CCN(c2ccc(CC(=O)OCc3ccccc3)cc2)C1)[C@H](C)c1cccc2ccccc12. The molecule has 212 valence electrons. The van der Waals surface area contributed by atoms with Gasteiger partial charge in [0, 0.05) is 18.8 Å². The van der Waals surface area contributed by atoms with Gasteiger partial charge in [0.2, 0.25) is 0 Å². The fourth-order valence-corrected chi connectivity index (χ4v) is 5.65. The summed E-state index contributed by atoms with van der Waals surface area (Å²) in [6, 6.07) is 31.8. The van der Waals surface area contributed by atoms with E-state index in [1.807, 2.05) is 77.7 Å². The first kappa shape index (κ1) is 28.5. The molecule has 0 aromatic heterocycles. The quantitative estimate of drug-likeness (QED) is 0.154. The summed E-state index contributed by atoms with van der Waals surface area (Å²) in [6.45, 7) is 5.44. The van der Waals surface area contributed by atoms with Crippen LogP contribution in [0.5, 0.6) is 0 Å². The fourth-order valence-electron chi connectivity index (χ4n) is 5.57. The monoisotopic (exact) mass is 570 g/mol. The highest BCUT2D eigenvalue weighted by Gasteiger charge is 2.36. The number of anilines is 1. The maximum atomic E-state index is 13.4. The minimum Gasteiger partial charge on any atom is -0.461 e. The van der Waals surface area contributed by atoms with E-state index in [0.717, 1.165) is 46.1 Å². The van der Waals surface area contributed by atoms with Crippen molar-refractivity contribution in [2.45, 2.75) is 50.9 Å². The summed E-state index contributed by atoms with van der Waals surface area (Å²) in [5.41, 5.74) is 3.26. The summed E-state index contributed by atoms with van der Waals surface area (Å²) in [4.78, 5) is 29.9. The second kappa shape index (κ2) is 13.1. The molecule has 6 nitrogen and oxygen atoms in total. The third-order valence-corrected chi connectivity index (χ3v) is 7.70. The number of ether oxygens (including phenoxy) is 2. The Balaban J connectivity index is 1.26. The fraction of sp³-hybridized carbons (Fsp3) is 0.294. The van der Waals surface area contributed by atoms with Gasteiger partial charge in [0.05, 0.1) is 18.5 Å². The molecule has 1 amide bonds. The van der Waals surface area contributed by atoms with Crippen LogP contribution in [0.4, 0.5) is 10.5 Å². The Labute approximate surface area is 246 Å². The summed E-state index contributed by atoms with van der Waals surface area (Å²) in [6.07, 6.45) is 0.604. The smallest absolute Gasteiger partial charge is 0.412 e. The number of carbonyl (C=O) groups excluding carboxylic acids is 2. The molecule has 1 aliphatic heterocycles. The van der Waals surface area contributed by atoms with Crippen molar-refractivity contribution in [1.29, 1.82) is 0 Å². The molecule has 5 rings (SSSR count). The number of benzene rings is 4. The molecule has 1 fully saturated rings. The minimum absolute atomic E-state index is 0.0560. The van der Waals surface area contributed by atoms with E-state index in [4.69, 9.17) is 21.1 Å². The number of alkyl halides is 1. The molecular formula is C34H35ClN2O4. The molecule has 0 aliphatic carbocycles. The number of rotatable bonds is 9. The molecule has 1 unspecified atom stereocenters. The lowest BCUT2D eigenvalue weighted by molar-refractivity contribution is -0.144. The van der Waals surface area contributed by atoms with Gasteiger partial charge in [-0.05, 0) is 59.9 Å². The zero-order valence-electron chi connectivity index (χ0n) is 23.4. The van der Waals surface area contributed by atoms with Crippen LogP contribution in [0.15, 0.2) is 97.1 Å². The van der Waals surface area contributed by atoms with Crippen molar-refractivity contribution in [3.8, 4) is 0 Å². The van der Waals surface area contributed by atoms with Gasteiger partial charge in [-0.1, -0.05) is 96.5 Å². The van der Waals surface area contributed by atoms with Gasteiger partial charge >= 0.3 is 12.1 Å². The van der Waals surface area contributed by atoms with Crippen molar-refractivity contribution in [1.82, 2.24) is 4.90 Å². The summed E-state index contributed by atoms with van der Waals surface area (Å²) >= 11 is 6.08. The molecule has 1 heterocycles. The average Bonchev–Trinajstić information content (AvgIpc) is 3.46. The van der Waals surface area contributed by atoms with Gasteiger partial charge in [0.1, 0.15) is 6.61 Å². The van der Waals surface area contributed by atoms with Crippen LogP contribution in [0, 0.1) is 0 Å². The van der Waals surface area contributed by atoms with E-state index >= 15 is 0 Å². The number of halogens is 1. The van der Waals surface area contributed by atoms with Gasteiger partial charge in [0.15, 0.2) is 5.56 Å². The number of fused-ring (bicyclic) bond motifs is 1. The van der Waals surface area contributed by atoms with Crippen LogP contribution in [0.2, 0.25) is 0 Å². The van der Waals surface area contributed by atoms with Crippen LogP contribution in [0.1, 0.15) is 43.0 Å². The molecule has 0 radical (unpaired) electrons. The van der Waals surface area contributed by atoms with Crippen LogP contribution < -0.4 is 4.90 Å². The molecule has 0 spiro atoms. The van der Waals surface area contributed by atoms with Crippen LogP contribution in [0.25, 0.3) is 10.8 Å². The van der Waals surface area contributed by atoms with E-state index in [9.17, 15) is 9.59 Å². The van der Waals surface area contributed by atoms with Gasteiger partial charge in [-0.25, -0.2) is 4.79 Å². The van der Waals surface area contributed by atoms with Crippen molar-refractivity contribution in [2.75, 3.05) is 18.0 Å². The zero-order chi connectivity index (χ0) is 28.8. The highest BCUT2D eigenvalue weighted by Crippen LogP contribution is 2.34. The predicted octanol–water partition coefficient (Wildman–Crippen LogP) is 7.49. The standard InChI is InChI=1S/C34H35ClN2O4/c1-24(31-14-8-12-28-11-6-7-13-32(28)31)37(34(39)41-25(2)35)30-19-20-36(22-30)29-17-15-26(16-18-29)21-33(38)40-23-27-9-4-3-5-10-27/h3-18,24-25,30H,19-23H2,1-2H3/t24-,25?,30+/m1/s1. The molecule has 0 N–H and O–H groups in total. The van der Waals surface area contributed by atoms with Crippen molar-refractivity contribution in [2.24, 2.45) is 0 Å². The highest BCUT2D eigenvalue weighted by molar-refractivity contribution is 6.19. The first-order valence-corrected chi connectivity index (χ1v) is 14.5. The van der Waals surface area contributed by atoms with Crippen LogP contribution in [-0.4, -0.2) is 41.7 Å². The van der Waals surface area contributed by atoms with Gasteiger partial charge < -0.3 is 14.4 Å². The lowest BCUT2D eigenvalue weighted by atomic mass is 9.97. The lowest BCUT2D eigenvalue weighted by Crippen LogP contribution is -2.44. The van der Waals surface area contributed by atoms with Crippen LogP contribution >= 0.6 is 11.6 Å². The number of carbonyl (C=O) groups is 2. The maximum Gasteiger partial charge on any atom is 0.412 e. The van der Waals surface area contributed by atoms with Crippen molar-refractivity contribution in [3.63, 3.8) is 0 Å². The van der Waals surface area contributed by atoms with Gasteiger partial charge in [-0.15, -0.1) is 0 Å². The Kier molecular flexibility index (Phi) is 9.10. The van der Waals surface area contributed by atoms with Crippen LogP contribution in [0.3, 0.4) is 0 Å². The summed E-state index contributed by atoms with van der Waals surface area (Å²) in [7, 11) is 0. The Morgan fingerprint density at radius 1 is 0.902 bits per heavy atom. The molecule has 4 aromatic carbocycles. The first-order valence-electron chi connectivity index (χ1n) is 14.0. The highest BCUT2D eigenvalue weighted by atomic mass is 35.5. The number of amides is 1. The summed E-state index contributed by atoms with van der Waals surface area (Å²) in [5.74, 6) is -0.257. The number of esters is 1. The van der Waals surface area contributed by atoms with E-state index < -0.39 is 11.7 Å². The molecule has 0 saturated carbocycles. The van der Waals surface area contributed by atoms with E-state index in [1.165, 1.54) is 0 Å². The van der Waals surface area contributed by atoms with Gasteiger partial charge in [-0.3, -0.25) is 9.69 Å². The van der Waals surface area contributed by atoms with E-state index in [2.05, 4.69) is 36.1 Å². The predicted molar refractivity (Wildman–Crippen MR) is 163 cm³/mol. The van der Waals surface area contributed by atoms with Gasteiger partial charge in [-0.2, -0.15) is 0 Å². The molecule has 4 aromatic rings. The second-order valence-corrected chi connectivity index (χ2v) is 11.1. The van der Waals surface area contributed by atoms with Gasteiger partial charge in [0.25, 0.3) is 0 Å². The normalized spacial score (nSPS) is 16.3. The third-order valence-electron chi connectivity index (χ3n) is 7.61. The Morgan fingerprint density at radius 2 is 1.61 bits per heavy atom. The maximum absolute atomic E-state index is 13.4. The molecular weight excluding hydrogens is 536 g/mol. The number of hydrogen-bond acceptors (Lipinski definition) is 5. The third kappa shape index (κ3) is 7.01. The van der Waals surface area contributed by atoms with Crippen LogP contribution in [-0.2, 0) is 27.3 Å². The average molecular weight is 571 g/mol. The molecule has 7 heteroatoms. The minimum atomic E-state index is -0.728. The van der Waals surface area contributed by atoms with Crippen molar-refractivity contribution >= 4 is 40.1 Å². The largest absolute Gasteiger partial charge is 0.461 e. The number of nitrogens with zero attached hydrogens (tertiary/aromatic N) is 2. The van der Waals surface area contributed by atoms with Crippen molar-refractivity contribution in [3.05, 3.63) is 114 Å². The first-order chi connectivity index (χ1) is 19.9. The molecule has 1 saturated heterocycles. The lowest BCUT2D eigenvalue weighted by Gasteiger charge is -2.35. The molecule has 0 bridgehead atoms. The Bertz CT molecular complexity index is 1470. The van der Waals surface area contributed by atoms with Crippen molar-refractivity contribution < 1.29 is 19.1 Å². The summed E-state index contributed by atoms with van der Waals surface area (Å²) in [5, 5.41) is 2.25. The Morgan fingerprint density at radius 3 is 2.37 bits per heavy atom. The molecule has 1 aliphatic rings. The summed E-state index contributed by atoms with van der Waals surface area (Å²) < 4.78 is 10.9. The zero-order valence-corrected chi connectivity index (χ0v) is 24.2. The topological polar surface area (TPSA) is 59.1 Å².